The van der Waals surface area contributed by atoms with Crippen molar-refractivity contribution in [2.24, 2.45) is 0 Å². The van der Waals surface area contributed by atoms with E-state index in [1.165, 1.54) is 5.56 Å². The van der Waals surface area contributed by atoms with Crippen LogP contribution in [0.5, 0.6) is 0 Å². The highest BCUT2D eigenvalue weighted by Crippen LogP contribution is 2.33. The molecule has 5 heteroatoms. The molecular formula is C16H14ClIN2O. The van der Waals surface area contributed by atoms with E-state index >= 15 is 0 Å². The van der Waals surface area contributed by atoms with Crippen LogP contribution in [0.4, 0.5) is 11.4 Å². The molecule has 0 bridgehead atoms. The van der Waals surface area contributed by atoms with Crippen LogP contribution in [0.25, 0.3) is 0 Å². The summed E-state index contributed by atoms with van der Waals surface area (Å²) in [5.74, 6) is 0.199. The van der Waals surface area contributed by atoms with E-state index in [9.17, 15) is 4.79 Å². The highest BCUT2D eigenvalue weighted by Gasteiger charge is 2.24. The average Bonchev–Trinajstić information content (AvgIpc) is 2.85. The van der Waals surface area contributed by atoms with Gasteiger partial charge in [0, 0.05) is 28.1 Å². The molecule has 0 fully saturated rings. The van der Waals surface area contributed by atoms with Crippen molar-refractivity contribution in [2.45, 2.75) is 12.3 Å². The Labute approximate surface area is 142 Å². The van der Waals surface area contributed by atoms with Gasteiger partial charge in [-0.05, 0) is 52.4 Å². The van der Waals surface area contributed by atoms with Crippen LogP contribution in [0, 0.1) is 3.57 Å². The largest absolute Gasteiger partial charge is 0.384 e. The number of carbonyl (C=O) groups is 1. The normalized spacial score (nSPS) is 16.2. The lowest BCUT2D eigenvalue weighted by atomic mass is 9.97. The van der Waals surface area contributed by atoms with E-state index < -0.39 is 0 Å². The summed E-state index contributed by atoms with van der Waals surface area (Å²) in [4.78, 5) is 12.2. The van der Waals surface area contributed by atoms with Crippen LogP contribution in [0.2, 0.25) is 5.02 Å². The van der Waals surface area contributed by atoms with Gasteiger partial charge in [0.15, 0.2) is 0 Å². The van der Waals surface area contributed by atoms with Gasteiger partial charge in [0.1, 0.15) is 0 Å². The molecule has 0 spiro atoms. The first-order valence-electron chi connectivity index (χ1n) is 6.71. The number of rotatable bonds is 3. The van der Waals surface area contributed by atoms with Gasteiger partial charge < -0.3 is 10.6 Å². The number of hydrogen-bond donors (Lipinski definition) is 2. The zero-order chi connectivity index (χ0) is 14.8. The standard InChI is InChI=1S/C16H14ClIN2O/c17-13-8-11(18)5-6-15(13)20-16(21)7-10-9-19-14-4-2-1-3-12(10)14/h1-6,8,10,19H,7,9H2,(H,20,21). The van der Waals surface area contributed by atoms with Crippen LogP contribution in [0.15, 0.2) is 42.5 Å². The summed E-state index contributed by atoms with van der Waals surface area (Å²) in [6, 6.07) is 13.7. The maximum Gasteiger partial charge on any atom is 0.225 e. The van der Waals surface area contributed by atoms with Crippen molar-refractivity contribution in [3.05, 3.63) is 56.6 Å². The maximum absolute atomic E-state index is 12.2. The van der Waals surface area contributed by atoms with Crippen molar-refractivity contribution in [1.82, 2.24) is 0 Å². The molecule has 1 unspecified atom stereocenters. The van der Waals surface area contributed by atoms with Crippen molar-refractivity contribution in [3.8, 4) is 0 Å². The molecule has 3 nitrogen and oxygen atoms in total. The Kier molecular flexibility index (Phi) is 4.35. The van der Waals surface area contributed by atoms with Gasteiger partial charge in [0.2, 0.25) is 5.91 Å². The molecule has 2 aromatic rings. The number of carbonyl (C=O) groups excluding carboxylic acids is 1. The van der Waals surface area contributed by atoms with Gasteiger partial charge >= 0.3 is 0 Å². The highest BCUT2D eigenvalue weighted by atomic mass is 127. The van der Waals surface area contributed by atoms with Crippen molar-refractivity contribution >= 4 is 51.5 Å². The molecule has 0 aromatic heterocycles. The van der Waals surface area contributed by atoms with Gasteiger partial charge in [-0.25, -0.2) is 0 Å². The Bertz CT molecular complexity index is 690. The summed E-state index contributed by atoms with van der Waals surface area (Å²) in [7, 11) is 0. The van der Waals surface area contributed by atoms with Crippen LogP contribution in [0.3, 0.4) is 0 Å². The lowest BCUT2D eigenvalue weighted by Crippen LogP contribution is -2.17. The Morgan fingerprint density at radius 3 is 2.95 bits per heavy atom. The van der Waals surface area contributed by atoms with Gasteiger partial charge in [-0.3, -0.25) is 4.79 Å². The van der Waals surface area contributed by atoms with E-state index in [0.717, 1.165) is 15.8 Å². The molecule has 2 N–H and O–H groups in total. The molecule has 1 heterocycles. The predicted molar refractivity (Wildman–Crippen MR) is 95.1 cm³/mol. The van der Waals surface area contributed by atoms with Crippen LogP contribution >= 0.6 is 34.2 Å². The highest BCUT2D eigenvalue weighted by molar-refractivity contribution is 14.1. The van der Waals surface area contributed by atoms with Gasteiger partial charge in [-0.2, -0.15) is 0 Å². The summed E-state index contributed by atoms with van der Waals surface area (Å²) in [5.41, 5.74) is 3.00. The average molecular weight is 413 g/mol. The Balaban J connectivity index is 1.68. The number of halogens is 2. The van der Waals surface area contributed by atoms with Crippen LogP contribution in [0.1, 0.15) is 17.9 Å². The Hall–Kier alpha value is -1.27. The second-order valence-corrected chi connectivity index (χ2v) is 6.69. The summed E-state index contributed by atoms with van der Waals surface area (Å²) in [5, 5.41) is 6.79. The second-order valence-electron chi connectivity index (χ2n) is 5.04. The van der Waals surface area contributed by atoms with Gasteiger partial charge in [0.05, 0.1) is 10.7 Å². The van der Waals surface area contributed by atoms with E-state index in [1.54, 1.807) is 0 Å². The molecule has 0 saturated heterocycles. The number of hydrogen-bond acceptors (Lipinski definition) is 2. The first-order chi connectivity index (χ1) is 10.1. The number of fused-ring (bicyclic) bond motifs is 1. The lowest BCUT2D eigenvalue weighted by Gasteiger charge is -2.11. The third kappa shape index (κ3) is 3.32. The summed E-state index contributed by atoms with van der Waals surface area (Å²) >= 11 is 8.33. The van der Waals surface area contributed by atoms with Crippen molar-refractivity contribution < 1.29 is 4.79 Å². The molecule has 2 aromatic carbocycles. The number of nitrogens with one attached hydrogen (secondary N) is 2. The predicted octanol–water partition coefficient (Wildman–Crippen LogP) is 4.48. The van der Waals surface area contributed by atoms with E-state index in [-0.39, 0.29) is 11.8 Å². The topological polar surface area (TPSA) is 41.1 Å². The SMILES string of the molecule is O=C(CC1CNc2ccccc21)Nc1ccc(I)cc1Cl. The summed E-state index contributed by atoms with van der Waals surface area (Å²) in [6.45, 7) is 0.799. The minimum absolute atomic E-state index is 0.0124. The van der Waals surface area contributed by atoms with E-state index in [4.69, 9.17) is 11.6 Å². The zero-order valence-corrected chi connectivity index (χ0v) is 14.1. The fourth-order valence-electron chi connectivity index (χ4n) is 2.56. The molecule has 21 heavy (non-hydrogen) atoms. The first kappa shape index (κ1) is 14.7. The first-order valence-corrected chi connectivity index (χ1v) is 8.17. The third-order valence-corrected chi connectivity index (χ3v) is 4.56. The van der Waals surface area contributed by atoms with E-state index in [0.29, 0.717) is 17.1 Å². The molecule has 0 radical (unpaired) electrons. The van der Waals surface area contributed by atoms with Gasteiger partial charge in [0.25, 0.3) is 0 Å². The van der Waals surface area contributed by atoms with Gasteiger partial charge in [-0.15, -0.1) is 0 Å². The van der Waals surface area contributed by atoms with E-state index in [1.807, 2.05) is 36.4 Å². The molecule has 1 atom stereocenters. The lowest BCUT2D eigenvalue weighted by molar-refractivity contribution is -0.116. The number of anilines is 2. The molecule has 0 aliphatic carbocycles. The Morgan fingerprint density at radius 1 is 1.33 bits per heavy atom. The molecule has 1 aliphatic heterocycles. The van der Waals surface area contributed by atoms with E-state index in [2.05, 4.69) is 39.3 Å². The monoisotopic (exact) mass is 412 g/mol. The smallest absolute Gasteiger partial charge is 0.225 e. The minimum Gasteiger partial charge on any atom is -0.384 e. The number of benzene rings is 2. The van der Waals surface area contributed by atoms with Gasteiger partial charge in [-0.1, -0.05) is 29.8 Å². The number of para-hydroxylation sites is 1. The minimum atomic E-state index is -0.0124. The molecule has 108 valence electrons. The third-order valence-electron chi connectivity index (χ3n) is 3.58. The second kappa shape index (κ2) is 6.23. The molecule has 1 aliphatic rings. The zero-order valence-electron chi connectivity index (χ0n) is 11.2. The molecule has 3 rings (SSSR count). The quantitative estimate of drug-likeness (QED) is 0.730. The fourth-order valence-corrected chi connectivity index (χ4v) is 3.46. The summed E-state index contributed by atoms with van der Waals surface area (Å²) < 4.78 is 1.05. The van der Waals surface area contributed by atoms with Crippen LogP contribution in [-0.4, -0.2) is 12.5 Å². The number of amides is 1. The van der Waals surface area contributed by atoms with Crippen molar-refractivity contribution in [2.75, 3.05) is 17.2 Å². The molecular weight excluding hydrogens is 399 g/mol. The molecule has 0 saturated carbocycles. The fraction of sp³-hybridized carbons (Fsp3) is 0.188. The van der Waals surface area contributed by atoms with Crippen molar-refractivity contribution in [1.29, 1.82) is 0 Å². The Morgan fingerprint density at radius 2 is 2.14 bits per heavy atom. The summed E-state index contributed by atoms with van der Waals surface area (Å²) in [6.07, 6.45) is 0.451. The van der Waals surface area contributed by atoms with Crippen LogP contribution < -0.4 is 10.6 Å². The maximum atomic E-state index is 12.2. The van der Waals surface area contributed by atoms with Crippen molar-refractivity contribution in [3.63, 3.8) is 0 Å². The molecule has 1 amide bonds. The van der Waals surface area contributed by atoms with Crippen LogP contribution in [-0.2, 0) is 4.79 Å².